The summed E-state index contributed by atoms with van der Waals surface area (Å²) >= 11 is 5.27. The zero-order valence-electron chi connectivity index (χ0n) is 11.3. The Hall–Kier alpha value is -1.35. The van der Waals surface area contributed by atoms with E-state index in [1.54, 1.807) is 0 Å². The molecule has 0 spiro atoms. The molecule has 0 fully saturated rings. The largest absolute Gasteiger partial charge is 0.247 e. The highest BCUT2D eigenvalue weighted by atomic mass is 35.5. The van der Waals surface area contributed by atoms with Gasteiger partial charge in [-0.15, -0.1) is 5.10 Å². The van der Waals surface area contributed by atoms with Crippen molar-refractivity contribution in [2.75, 3.05) is 0 Å². The predicted octanol–water partition coefficient (Wildman–Crippen LogP) is 4.39. The fourth-order valence-corrected chi connectivity index (χ4v) is 1.54. The molecule has 0 aliphatic carbocycles. The summed E-state index contributed by atoms with van der Waals surface area (Å²) in [5.41, 5.74) is 2.89. The molecule has 1 aromatic heterocycles. The molecule has 0 radical (unpaired) electrons. The van der Waals surface area contributed by atoms with E-state index in [0.29, 0.717) is 17.0 Å². The van der Waals surface area contributed by atoms with Gasteiger partial charge >= 0.3 is 0 Å². The molecule has 0 aliphatic heterocycles. The van der Waals surface area contributed by atoms with E-state index in [-0.39, 0.29) is 0 Å². The maximum atomic E-state index is 5.27. The van der Waals surface area contributed by atoms with Gasteiger partial charge in [0.1, 0.15) is 5.15 Å². The molecule has 0 saturated carbocycles. The minimum Gasteiger partial charge on any atom is -0.247 e. The van der Waals surface area contributed by atoms with Crippen molar-refractivity contribution < 1.29 is 0 Å². The van der Waals surface area contributed by atoms with E-state index in [4.69, 9.17) is 11.6 Å². The Labute approximate surface area is 114 Å². The van der Waals surface area contributed by atoms with Gasteiger partial charge in [0.15, 0.2) is 0 Å². The van der Waals surface area contributed by atoms with Crippen LogP contribution in [0.5, 0.6) is 0 Å². The number of hydrogen-bond donors (Lipinski definition) is 1. The van der Waals surface area contributed by atoms with Crippen LogP contribution in [-0.2, 0) is 0 Å². The summed E-state index contributed by atoms with van der Waals surface area (Å²) < 4.78 is 0. The zero-order valence-corrected chi connectivity index (χ0v) is 12.1. The molecule has 2 aromatic rings. The van der Waals surface area contributed by atoms with Crippen molar-refractivity contribution >= 4 is 11.6 Å². The molecule has 1 heterocycles. The Morgan fingerprint density at radius 2 is 1.61 bits per heavy atom. The lowest BCUT2D eigenvalue weighted by molar-refractivity contribution is 0.834. The number of nitrogens with zero attached hydrogens (tertiary/aromatic N) is 2. The van der Waals surface area contributed by atoms with E-state index < -0.39 is 0 Å². The highest BCUT2D eigenvalue weighted by Crippen LogP contribution is 2.20. The van der Waals surface area contributed by atoms with Crippen LogP contribution < -0.4 is 0 Å². The van der Waals surface area contributed by atoms with E-state index in [9.17, 15) is 0 Å². The van der Waals surface area contributed by atoms with E-state index in [1.807, 2.05) is 0 Å². The zero-order chi connectivity index (χ0) is 13.5. The maximum Gasteiger partial charge on any atom is 0.144 e. The van der Waals surface area contributed by atoms with E-state index in [2.05, 4.69) is 67.4 Å². The minimum atomic E-state index is 0.468. The summed E-state index contributed by atoms with van der Waals surface area (Å²) in [7, 11) is 0. The summed E-state index contributed by atoms with van der Waals surface area (Å²) in [6.07, 6.45) is 1.43. The first-order chi connectivity index (χ1) is 8.50. The lowest BCUT2D eigenvalue weighted by atomic mass is 9.96. The topological polar surface area (TPSA) is 41.6 Å². The molecular weight excluding hydrogens is 246 g/mol. The van der Waals surface area contributed by atoms with Crippen LogP contribution in [0, 0.1) is 0 Å². The van der Waals surface area contributed by atoms with Gasteiger partial charge in [0, 0.05) is 0 Å². The monoisotopic (exact) mass is 265 g/mol. The van der Waals surface area contributed by atoms with Crippen LogP contribution >= 0.6 is 11.6 Å². The van der Waals surface area contributed by atoms with Crippen LogP contribution in [0.3, 0.4) is 0 Å². The quantitative estimate of drug-likeness (QED) is 0.875. The number of aromatic nitrogens is 3. The Kier molecular flexibility index (Phi) is 5.86. The van der Waals surface area contributed by atoms with Crippen LogP contribution in [0.1, 0.15) is 50.7 Å². The molecule has 0 atom stereocenters. The Morgan fingerprint density at radius 1 is 1.06 bits per heavy atom. The lowest BCUT2D eigenvalue weighted by Gasteiger charge is -2.09. The SMILES string of the molecule is CC(C)c1cccc(C(C)C)c1.Clc1cnn[nH]1. The first kappa shape index (κ1) is 14.7. The summed E-state index contributed by atoms with van der Waals surface area (Å²) in [5.74, 6) is 1.28. The Bertz CT molecular complexity index is 427. The van der Waals surface area contributed by atoms with Crippen molar-refractivity contribution in [1.29, 1.82) is 0 Å². The summed E-state index contributed by atoms with van der Waals surface area (Å²) in [4.78, 5) is 0. The molecule has 18 heavy (non-hydrogen) atoms. The van der Waals surface area contributed by atoms with E-state index >= 15 is 0 Å². The fraction of sp³-hybridized carbons (Fsp3) is 0.429. The molecular formula is C14H20ClN3. The summed E-state index contributed by atoms with van der Waals surface area (Å²) in [6, 6.07) is 8.88. The Morgan fingerprint density at radius 3 is 1.89 bits per heavy atom. The van der Waals surface area contributed by atoms with Crippen LogP contribution in [0.4, 0.5) is 0 Å². The number of nitrogens with one attached hydrogen (secondary N) is 1. The third-order valence-corrected chi connectivity index (χ3v) is 2.81. The number of rotatable bonds is 2. The average Bonchev–Trinajstić information content (AvgIpc) is 2.81. The highest BCUT2D eigenvalue weighted by Gasteiger charge is 2.02. The van der Waals surface area contributed by atoms with Gasteiger partial charge in [-0.25, -0.2) is 5.10 Å². The van der Waals surface area contributed by atoms with Crippen molar-refractivity contribution in [3.8, 4) is 0 Å². The van der Waals surface area contributed by atoms with Crippen LogP contribution in [0.2, 0.25) is 5.15 Å². The van der Waals surface area contributed by atoms with Gasteiger partial charge in [0.05, 0.1) is 6.20 Å². The van der Waals surface area contributed by atoms with Gasteiger partial charge in [0.25, 0.3) is 0 Å². The minimum absolute atomic E-state index is 0.468. The molecule has 0 unspecified atom stereocenters. The number of halogens is 1. The first-order valence-corrected chi connectivity index (χ1v) is 6.50. The van der Waals surface area contributed by atoms with Crippen molar-refractivity contribution in [3.63, 3.8) is 0 Å². The van der Waals surface area contributed by atoms with Gasteiger partial charge in [0.2, 0.25) is 0 Å². The molecule has 3 nitrogen and oxygen atoms in total. The first-order valence-electron chi connectivity index (χ1n) is 6.12. The number of aromatic amines is 1. The third-order valence-electron chi connectivity index (χ3n) is 2.63. The standard InChI is InChI=1S/C12H18.C2H2ClN3/c1-9(2)11-6-5-7-12(8-11)10(3)4;3-2-1-4-6-5-2/h5-10H,1-4H3;1H,(H,4,5,6). The van der Waals surface area contributed by atoms with Crippen LogP contribution in [0.15, 0.2) is 30.5 Å². The van der Waals surface area contributed by atoms with Gasteiger partial charge in [-0.1, -0.05) is 68.8 Å². The molecule has 0 aliphatic rings. The summed E-state index contributed by atoms with van der Waals surface area (Å²) in [5, 5.41) is 9.57. The number of H-pyrrole nitrogens is 1. The average molecular weight is 266 g/mol. The van der Waals surface area contributed by atoms with Gasteiger partial charge in [-0.2, -0.15) is 0 Å². The predicted molar refractivity (Wildman–Crippen MR) is 76.0 cm³/mol. The van der Waals surface area contributed by atoms with Crippen molar-refractivity contribution in [1.82, 2.24) is 15.4 Å². The Balaban J connectivity index is 0.000000225. The molecule has 2 rings (SSSR count). The van der Waals surface area contributed by atoms with E-state index in [1.165, 1.54) is 17.3 Å². The molecule has 4 heteroatoms. The van der Waals surface area contributed by atoms with E-state index in [0.717, 1.165) is 0 Å². The molecule has 0 bridgehead atoms. The van der Waals surface area contributed by atoms with Gasteiger partial charge in [-0.3, -0.25) is 0 Å². The smallest absolute Gasteiger partial charge is 0.144 e. The van der Waals surface area contributed by atoms with Crippen LogP contribution in [-0.4, -0.2) is 15.4 Å². The van der Waals surface area contributed by atoms with Gasteiger partial charge < -0.3 is 0 Å². The second kappa shape index (κ2) is 7.17. The molecule has 0 amide bonds. The number of benzene rings is 1. The van der Waals surface area contributed by atoms with Gasteiger partial charge in [-0.05, 0) is 23.0 Å². The highest BCUT2D eigenvalue weighted by molar-refractivity contribution is 6.29. The molecule has 98 valence electrons. The summed E-state index contributed by atoms with van der Waals surface area (Å²) in [6.45, 7) is 8.94. The molecule has 1 N–H and O–H groups in total. The van der Waals surface area contributed by atoms with Crippen LogP contribution in [0.25, 0.3) is 0 Å². The maximum absolute atomic E-state index is 5.27. The normalized spacial score (nSPS) is 10.4. The number of hydrogen-bond acceptors (Lipinski definition) is 2. The van der Waals surface area contributed by atoms with Crippen molar-refractivity contribution in [2.24, 2.45) is 0 Å². The van der Waals surface area contributed by atoms with Crippen molar-refractivity contribution in [3.05, 3.63) is 46.7 Å². The lowest BCUT2D eigenvalue weighted by Crippen LogP contribution is -1.91. The third kappa shape index (κ3) is 4.88. The molecule has 0 saturated heterocycles. The second-order valence-corrected chi connectivity index (χ2v) is 5.19. The second-order valence-electron chi connectivity index (χ2n) is 4.78. The fourth-order valence-electron chi connectivity index (χ4n) is 1.46. The molecule has 1 aromatic carbocycles. The van der Waals surface area contributed by atoms with Crippen molar-refractivity contribution in [2.45, 2.75) is 39.5 Å².